The highest BCUT2D eigenvalue weighted by atomic mass is 19.1. The van der Waals surface area contributed by atoms with E-state index >= 15 is 0 Å². The molecule has 2 aromatic rings. The smallest absolute Gasteiger partial charge is 0.341 e. The lowest BCUT2D eigenvalue weighted by atomic mass is 10.1. The van der Waals surface area contributed by atoms with Crippen molar-refractivity contribution in [3.05, 3.63) is 39.9 Å². The fraction of sp³-hybridized carbons (Fsp3) is 0.500. The maximum Gasteiger partial charge on any atom is 0.341 e. The molecule has 144 valence electrons. The number of hydrogen-bond acceptors (Lipinski definition) is 4. The number of hydrogen-bond donors (Lipinski definition) is 1. The van der Waals surface area contributed by atoms with Crippen LogP contribution in [-0.2, 0) is 0 Å². The summed E-state index contributed by atoms with van der Waals surface area (Å²) in [5, 5.41) is 9.47. The van der Waals surface area contributed by atoms with E-state index in [2.05, 4.69) is 11.8 Å². The summed E-state index contributed by atoms with van der Waals surface area (Å²) in [6, 6.07) is 3.13. The zero-order valence-corrected chi connectivity index (χ0v) is 15.4. The first-order chi connectivity index (χ1) is 13.0. The van der Waals surface area contributed by atoms with Gasteiger partial charge in [0.1, 0.15) is 11.4 Å². The molecule has 0 atom stereocenters. The van der Waals surface area contributed by atoms with Crippen LogP contribution in [0.2, 0.25) is 0 Å². The number of piperazine rings is 1. The molecule has 2 aliphatic rings. The van der Waals surface area contributed by atoms with Gasteiger partial charge in [-0.2, -0.15) is 0 Å². The third-order valence-electron chi connectivity index (χ3n) is 5.52. The first-order valence-electron chi connectivity index (χ1n) is 9.58. The van der Waals surface area contributed by atoms with Crippen molar-refractivity contribution < 1.29 is 14.3 Å². The van der Waals surface area contributed by atoms with Crippen molar-refractivity contribution in [3.63, 3.8) is 0 Å². The molecule has 1 aliphatic heterocycles. The highest BCUT2D eigenvalue weighted by Crippen LogP contribution is 2.38. The van der Waals surface area contributed by atoms with Gasteiger partial charge in [0.15, 0.2) is 0 Å². The van der Waals surface area contributed by atoms with Gasteiger partial charge < -0.3 is 14.6 Å². The summed E-state index contributed by atoms with van der Waals surface area (Å²) in [5.41, 5.74) is 0.206. The standard InChI is InChI=1S/C20H24FN3O3/c1-2-5-22-6-8-23(9-7-22)18-11-17-14(10-16(18)21)19(25)15(20(26)27)12-24(17)13-3-4-13/h10-13H,2-9H2,1H3,(H,26,27). The van der Waals surface area contributed by atoms with Crippen molar-refractivity contribution in [2.24, 2.45) is 0 Å². The van der Waals surface area contributed by atoms with Gasteiger partial charge in [0.2, 0.25) is 5.43 Å². The Morgan fingerprint density at radius 1 is 1.22 bits per heavy atom. The quantitative estimate of drug-likeness (QED) is 0.873. The molecular weight excluding hydrogens is 349 g/mol. The van der Waals surface area contributed by atoms with Crippen LogP contribution in [0.3, 0.4) is 0 Å². The van der Waals surface area contributed by atoms with E-state index in [1.54, 1.807) is 6.07 Å². The molecule has 1 aliphatic carbocycles. The number of pyridine rings is 1. The molecule has 2 fully saturated rings. The van der Waals surface area contributed by atoms with Gasteiger partial charge in [-0.05, 0) is 37.9 Å². The number of carbonyl (C=O) groups is 1. The number of anilines is 1. The Labute approximate surface area is 156 Å². The van der Waals surface area contributed by atoms with Crippen LogP contribution in [0.15, 0.2) is 23.1 Å². The number of carboxylic acid groups (broad SMARTS) is 1. The van der Waals surface area contributed by atoms with Crippen LogP contribution >= 0.6 is 0 Å². The summed E-state index contributed by atoms with van der Waals surface area (Å²) < 4.78 is 16.7. The molecule has 0 unspecified atom stereocenters. The maximum absolute atomic E-state index is 14.9. The summed E-state index contributed by atoms with van der Waals surface area (Å²) >= 11 is 0. The Bertz CT molecular complexity index is 944. The van der Waals surface area contributed by atoms with E-state index in [0.717, 1.165) is 52.0 Å². The molecule has 4 rings (SSSR count). The van der Waals surface area contributed by atoms with E-state index in [1.165, 1.54) is 12.3 Å². The Balaban J connectivity index is 1.77. The summed E-state index contributed by atoms with van der Waals surface area (Å²) in [6.07, 6.45) is 4.41. The highest BCUT2D eigenvalue weighted by Gasteiger charge is 2.28. The van der Waals surface area contributed by atoms with Crippen LogP contribution in [-0.4, -0.2) is 53.3 Å². The minimum absolute atomic E-state index is 0.146. The topological polar surface area (TPSA) is 65.8 Å². The number of aromatic nitrogens is 1. The van der Waals surface area contributed by atoms with Crippen LogP contribution in [0.5, 0.6) is 0 Å². The molecule has 0 bridgehead atoms. The number of carboxylic acids is 1. The number of benzene rings is 1. The second-order valence-corrected chi connectivity index (χ2v) is 7.46. The minimum Gasteiger partial charge on any atom is -0.477 e. The van der Waals surface area contributed by atoms with Crippen molar-refractivity contribution >= 4 is 22.6 Å². The fourth-order valence-electron chi connectivity index (χ4n) is 3.94. The molecule has 1 aromatic heterocycles. The van der Waals surface area contributed by atoms with Crippen molar-refractivity contribution in [2.75, 3.05) is 37.6 Å². The second-order valence-electron chi connectivity index (χ2n) is 7.46. The van der Waals surface area contributed by atoms with Gasteiger partial charge in [-0.1, -0.05) is 6.92 Å². The van der Waals surface area contributed by atoms with E-state index < -0.39 is 17.2 Å². The number of rotatable bonds is 5. The molecule has 1 N–H and O–H groups in total. The normalized spacial score (nSPS) is 18.2. The molecular formula is C20H24FN3O3. The largest absolute Gasteiger partial charge is 0.477 e. The predicted molar refractivity (Wildman–Crippen MR) is 102 cm³/mol. The van der Waals surface area contributed by atoms with E-state index in [-0.39, 0.29) is 17.0 Å². The minimum atomic E-state index is -1.27. The zero-order chi connectivity index (χ0) is 19.1. The lowest BCUT2D eigenvalue weighted by molar-refractivity contribution is 0.0695. The van der Waals surface area contributed by atoms with Crippen molar-refractivity contribution in [3.8, 4) is 0 Å². The first-order valence-corrected chi connectivity index (χ1v) is 9.58. The van der Waals surface area contributed by atoms with Gasteiger partial charge in [0.05, 0.1) is 11.2 Å². The summed E-state index contributed by atoms with van der Waals surface area (Å²) in [7, 11) is 0. The Morgan fingerprint density at radius 2 is 1.93 bits per heavy atom. The molecule has 1 saturated carbocycles. The molecule has 7 heteroatoms. The Morgan fingerprint density at radius 3 is 2.52 bits per heavy atom. The Hall–Kier alpha value is -2.41. The highest BCUT2D eigenvalue weighted by molar-refractivity contribution is 5.93. The summed E-state index contributed by atoms with van der Waals surface area (Å²) in [4.78, 5) is 28.4. The van der Waals surface area contributed by atoms with E-state index in [0.29, 0.717) is 11.2 Å². The number of fused-ring (bicyclic) bond motifs is 1. The number of halogens is 1. The van der Waals surface area contributed by atoms with Gasteiger partial charge in [-0.25, -0.2) is 9.18 Å². The SMILES string of the molecule is CCCN1CCN(c2cc3c(cc2F)c(=O)c(C(=O)O)cn3C2CC2)CC1. The third kappa shape index (κ3) is 3.32. The molecule has 27 heavy (non-hydrogen) atoms. The van der Waals surface area contributed by atoms with Crippen LogP contribution in [0.25, 0.3) is 10.9 Å². The van der Waals surface area contributed by atoms with Crippen molar-refractivity contribution in [2.45, 2.75) is 32.2 Å². The Kier molecular flexibility index (Phi) is 4.63. The number of aromatic carboxylic acids is 1. The lowest BCUT2D eigenvalue weighted by Gasteiger charge is -2.36. The van der Waals surface area contributed by atoms with Crippen LogP contribution in [0.1, 0.15) is 42.6 Å². The van der Waals surface area contributed by atoms with Crippen LogP contribution < -0.4 is 10.3 Å². The first kappa shape index (κ1) is 18.0. The molecule has 0 amide bonds. The van der Waals surface area contributed by atoms with E-state index in [1.807, 2.05) is 9.47 Å². The van der Waals surface area contributed by atoms with Gasteiger partial charge >= 0.3 is 5.97 Å². The fourth-order valence-corrected chi connectivity index (χ4v) is 3.94. The van der Waals surface area contributed by atoms with Gasteiger partial charge in [-0.3, -0.25) is 9.69 Å². The van der Waals surface area contributed by atoms with Gasteiger partial charge in [0.25, 0.3) is 0 Å². The monoisotopic (exact) mass is 373 g/mol. The average molecular weight is 373 g/mol. The van der Waals surface area contributed by atoms with Gasteiger partial charge in [-0.15, -0.1) is 0 Å². The van der Waals surface area contributed by atoms with E-state index in [9.17, 15) is 19.1 Å². The maximum atomic E-state index is 14.9. The van der Waals surface area contributed by atoms with E-state index in [4.69, 9.17) is 0 Å². The van der Waals surface area contributed by atoms with Crippen molar-refractivity contribution in [1.29, 1.82) is 0 Å². The molecule has 0 spiro atoms. The van der Waals surface area contributed by atoms with Crippen LogP contribution in [0.4, 0.5) is 10.1 Å². The van der Waals surface area contributed by atoms with Crippen molar-refractivity contribution in [1.82, 2.24) is 9.47 Å². The predicted octanol–water partition coefficient (Wildman–Crippen LogP) is 2.71. The zero-order valence-electron chi connectivity index (χ0n) is 15.4. The molecule has 1 saturated heterocycles. The third-order valence-corrected chi connectivity index (χ3v) is 5.52. The molecule has 2 heterocycles. The summed E-state index contributed by atoms with van der Waals surface area (Å²) in [6.45, 7) is 6.45. The summed E-state index contributed by atoms with van der Waals surface area (Å²) in [5.74, 6) is -1.73. The second kappa shape index (κ2) is 6.96. The molecule has 1 aromatic carbocycles. The lowest BCUT2D eigenvalue weighted by Crippen LogP contribution is -2.46. The average Bonchev–Trinajstić information content (AvgIpc) is 3.48. The van der Waals surface area contributed by atoms with Gasteiger partial charge in [0, 0.05) is 43.8 Å². The van der Waals surface area contributed by atoms with Crippen LogP contribution in [0, 0.1) is 5.82 Å². The molecule has 6 nitrogen and oxygen atoms in total. The number of nitrogens with zero attached hydrogens (tertiary/aromatic N) is 3. The molecule has 0 radical (unpaired) electrons.